The van der Waals surface area contributed by atoms with Gasteiger partial charge in [-0.3, -0.25) is 0 Å². The first-order valence-corrected chi connectivity index (χ1v) is 4.10. The predicted octanol–water partition coefficient (Wildman–Crippen LogP) is 1.67. The molecule has 0 aliphatic heterocycles. The van der Waals surface area contributed by atoms with Gasteiger partial charge in [-0.05, 0) is 12.1 Å². The number of hydrogen-bond acceptors (Lipinski definition) is 3. The van der Waals surface area contributed by atoms with E-state index in [2.05, 4.69) is 6.58 Å². The molecule has 0 fully saturated rings. The Balaban J connectivity index is 2.91. The Kier molecular flexibility index (Phi) is 2.62. The summed E-state index contributed by atoms with van der Waals surface area (Å²) in [6.07, 6.45) is 0.598. The molecule has 1 unspecified atom stereocenters. The van der Waals surface area contributed by atoms with E-state index >= 15 is 0 Å². The minimum absolute atomic E-state index is 0.228. The number of hydrogen-bond donors (Lipinski definition) is 2. The van der Waals surface area contributed by atoms with Crippen LogP contribution in [0.5, 0.6) is 0 Å². The van der Waals surface area contributed by atoms with Crippen molar-refractivity contribution in [2.75, 3.05) is 0 Å². The molecule has 64 valence electrons. The topological polar surface area (TPSA) is 57.5 Å². The highest BCUT2D eigenvalue weighted by Gasteiger charge is 2.10. The van der Waals surface area contributed by atoms with Crippen LogP contribution in [-0.2, 0) is 0 Å². The van der Waals surface area contributed by atoms with Crippen molar-refractivity contribution in [2.24, 2.45) is 0 Å². The molecule has 1 aromatic heterocycles. The van der Waals surface area contributed by atoms with Crippen molar-refractivity contribution in [3.8, 4) is 0 Å². The number of aromatic carboxylic acids is 1. The van der Waals surface area contributed by atoms with Gasteiger partial charge in [0.2, 0.25) is 0 Å². The van der Waals surface area contributed by atoms with Gasteiger partial charge in [0.1, 0.15) is 11.0 Å². The van der Waals surface area contributed by atoms with Crippen LogP contribution in [0.3, 0.4) is 0 Å². The van der Waals surface area contributed by atoms with Crippen LogP contribution in [0.4, 0.5) is 0 Å². The molecular weight excluding hydrogens is 176 g/mol. The fraction of sp³-hybridized carbons (Fsp3) is 0.125. The molecule has 0 aliphatic carbocycles. The molecule has 0 saturated heterocycles. The second-order valence-corrected chi connectivity index (χ2v) is 3.30. The van der Waals surface area contributed by atoms with Gasteiger partial charge in [-0.25, -0.2) is 4.79 Å². The lowest BCUT2D eigenvalue weighted by Crippen LogP contribution is -1.90. The summed E-state index contributed by atoms with van der Waals surface area (Å²) >= 11 is 1.05. The minimum atomic E-state index is -0.970. The Morgan fingerprint density at radius 3 is 2.75 bits per heavy atom. The molecule has 0 bridgehead atoms. The van der Waals surface area contributed by atoms with E-state index < -0.39 is 12.1 Å². The molecule has 0 radical (unpaired) electrons. The summed E-state index contributed by atoms with van der Waals surface area (Å²) in [5.74, 6) is -0.970. The molecule has 1 heterocycles. The standard InChI is InChI=1S/C8H8O3S/c1-2-5(9)6-3-4-7(12-6)8(10)11/h2-5,9H,1H2,(H,10,11). The van der Waals surface area contributed by atoms with Crippen LogP contribution in [0.25, 0.3) is 0 Å². The van der Waals surface area contributed by atoms with E-state index in [4.69, 9.17) is 5.11 Å². The van der Waals surface area contributed by atoms with Crippen LogP contribution < -0.4 is 0 Å². The van der Waals surface area contributed by atoms with Crippen molar-refractivity contribution < 1.29 is 15.0 Å². The fourth-order valence-electron chi connectivity index (χ4n) is 0.743. The molecule has 1 aromatic rings. The van der Waals surface area contributed by atoms with Gasteiger partial charge >= 0.3 is 5.97 Å². The van der Waals surface area contributed by atoms with Gasteiger partial charge in [0.25, 0.3) is 0 Å². The molecule has 0 spiro atoms. The van der Waals surface area contributed by atoms with E-state index in [0.29, 0.717) is 4.88 Å². The molecule has 1 atom stereocenters. The average Bonchev–Trinajstić information content (AvgIpc) is 2.51. The summed E-state index contributed by atoms with van der Waals surface area (Å²) in [5, 5.41) is 17.8. The van der Waals surface area contributed by atoms with Crippen molar-refractivity contribution >= 4 is 17.3 Å². The molecule has 0 amide bonds. The molecule has 12 heavy (non-hydrogen) atoms. The molecule has 0 saturated carbocycles. The summed E-state index contributed by atoms with van der Waals surface area (Å²) in [4.78, 5) is 11.3. The molecule has 2 N–H and O–H groups in total. The Morgan fingerprint density at radius 2 is 2.33 bits per heavy atom. The van der Waals surface area contributed by atoms with E-state index in [1.807, 2.05) is 0 Å². The van der Waals surface area contributed by atoms with Gasteiger partial charge in [0.05, 0.1) is 0 Å². The zero-order valence-electron chi connectivity index (χ0n) is 6.23. The first kappa shape index (κ1) is 8.96. The highest BCUT2D eigenvalue weighted by Crippen LogP contribution is 2.23. The lowest BCUT2D eigenvalue weighted by atomic mass is 10.3. The van der Waals surface area contributed by atoms with Crippen LogP contribution in [0, 0.1) is 0 Å². The van der Waals surface area contributed by atoms with E-state index in [1.165, 1.54) is 12.1 Å². The van der Waals surface area contributed by atoms with Gasteiger partial charge < -0.3 is 10.2 Å². The first-order valence-electron chi connectivity index (χ1n) is 3.29. The third-order valence-electron chi connectivity index (χ3n) is 1.35. The van der Waals surface area contributed by atoms with Gasteiger partial charge in [-0.2, -0.15) is 0 Å². The summed E-state index contributed by atoms with van der Waals surface area (Å²) in [7, 11) is 0. The van der Waals surface area contributed by atoms with E-state index in [9.17, 15) is 9.90 Å². The van der Waals surface area contributed by atoms with Crippen molar-refractivity contribution in [1.82, 2.24) is 0 Å². The normalized spacial score (nSPS) is 12.4. The fourth-order valence-corrected chi connectivity index (χ4v) is 1.57. The number of aliphatic hydroxyl groups is 1. The Hall–Kier alpha value is -1.13. The third-order valence-corrected chi connectivity index (χ3v) is 2.50. The number of aliphatic hydroxyl groups excluding tert-OH is 1. The SMILES string of the molecule is C=CC(O)c1ccc(C(=O)O)s1. The summed E-state index contributed by atoms with van der Waals surface area (Å²) < 4.78 is 0. The van der Waals surface area contributed by atoms with Crippen molar-refractivity contribution in [3.63, 3.8) is 0 Å². The van der Waals surface area contributed by atoms with Crippen LogP contribution in [0.15, 0.2) is 24.8 Å². The number of rotatable bonds is 3. The highest BCUT2D eigenvalue weighted by atomic mass is 32.1. The second kappa shape index (κ2) is 3.51. The van der Waals surface area contributed by atoms with Crippen LogP contribution in [0.2, 0.25) is 0 Å². The van der Waals surface area contributed by atoms with Gasteiger partial charge in [0, 0.05) is 4.88 Å². The summed E-state index contributed by atoms with van der Waals surface area (Å²) in [5.41, 5.74) is 0. The van der Waals surface area contributed by atoms with Gasteiger partial charge in [-0.15, -0.1) is 17.9 Å². The molecule has 4 heteroatoms. The van der Waals surface area contributed by atoms with Crippen molar-refractivity contribution in [3.05, 3.63) is 34.5 Å². The maximum Gasteiger partial charge on any atom is 0.345 e. The highest BCUT2D eigenvalue weighted by molar-refractivity contribution is 7.14. The molecular formula is C8H8O3S. The molecule has 0 aromatic carbocycles. The van der Waals surface area contributed by atoms with Crippen molar-refractivity contribution in [2.45, 2.75) is 6.10 Å². The number of carboxylic acids is 1. The summed E-state index contributed by atoms with van der Waals surface area (Å²) in [6.45, 7) is 3.40. The van der Waals surface area contributed by atoms with E-state index in [-0.39, 0.29) is 4.88 Å². The maximum atomic E-state index is 10.4. The second-order valence-electron chi connectivity index (χ2n) is 2.19. The predicted molar refractivity (Wildman–Crippen MR) is 46.4 cm³/mol. The molecule has 0 aliphatic rings. The van der Waals surface area contributed by atoms with E-state index in [1.54, 1.807) is 6.07 Å². The quantitative estimate of drug-likeness (QED) is 0.702. The van der Waals surface area contributed by atoms with E-state index in [0.717, 1.165) is 11.3 Å². The first-order chi connectivity index (χ1) is 5.65. The third kappa shape index (κ3) is 1.72. The molecule has 3 nitrogen and oxygen atoms in total. The summed E-state index contributed by atoms with van der Waals surface area (Å²) in [6, 6.07) is 3.05. The molecule has 1 rings (SSSR count). The smallest absolute Gasteiger partial charge is 0.345 e. The number of carbonyl (C=O) groups is 1. The Labute approximate surface area is 73.6 Å². The average molecular weight is 184 g/mol. The van der Waals surface area contributed by atoms with Gasteiger partial charge in [-0.1, -0.05) is 6.08 Å². The Morgan fingerprint density at radius 1 is 1.67 bits per heavy atom. The number of thiophene rings is 1. The van der Waals surface area contributed by atoms with Gasteiger partial charge in [0.15, 0.2) is 0 Å². The largest absolute Gasteiger partial charge is 0.477 e. The number of carboxylic acid groups (broad SMARTS) is 1. The minimum Gasteiger partial charge on any atom is -0.477 e. The van der Waals surface area contributed by atoms with Crippen LogP contribution in [0.1, 0.15) is 20.7 Å². The Bertz CT molecular complexity index is 303. The monoisotopic (exact) mass is 184 g/mol. The lowest BCUT2D eigenvalue weighted by Gasteiger charge is -1.98. The van der Waals surface area contributed by atoms with Crippen LogP contribution >= 0.6 is 11.3 Å². The van der Waals surface area contributed by atoms with Crippen molar-refractivity contribution in [1.29, 1.82) is 0 Å². The zero-order chi connectivity index (χ0) is 9.14. The van der Waals surface area contributed by atoms with Crippen LogP contribution in [-0.4, -0.2) is 16.2 Å². The lowest BCUT2D eigenvalue weighted by molar-refractivity contribution is 0.0702. The maximum absolute atomic E-state index is 10.4. The zero-order valence-corrected chi connectivity index (χ0v) is 7.04.